The van der Waals surface area contributed by atoms with Crippen molar-refractivity contribution in [1.29, 1.82) is 0 Å². The molecule has 1 unspecified atom stereocenters. The number of benzene rings is 1. The van der Waals surface area contributed by atoms with Crippen molar-refractivity contribution in [3.8, 4) is 5.75 Å². The van der Waals surface area contributed by atoms with Crippen LogP contribution in [0.5, 0.6) is 5.75 Å². The third kappa shape index (κ3) is 4.43. The number of amides is 2. The summed E-state index contributed by atoms with van der Waals surface area (Å²) in [6, 6.07) is 4.93. The van der Waals surface area contributed by atoms with E-state index < -0.39 is 29.2 Å². The van der Waals surface area contributed by atoms with E-state index >= 15 is 0 Å². The number of hydrogen-bond donors (Lipinski definition) is 3. The second kappa shape index (κ2) is 9.72. The van der Waals surface area contributed by atoms with E-state index in [-0.39, 0.29) is 17.2 Å². The zero-order chi connectivity index (χ0) is 24.4. The summed E-state index contributed by atoms with van der Waals surface area (Å²) < 4.78 is 1.47. The highest BCUT2D eigenvalue weighted by molar-refractivity contribution is 8.01. The molecular weight excluding hydrogens is 486 g/mol. The molecule has 0 aliphatic carbocycles. The average Bonchev–Trinajstić information content (AvgIpc) is 3.23. The van der Waals surface area contributed by atoms with Crippen LogP contribution in [0.2, 0.25) is 0 Å². The van der Waals surface area contributed by atoms with Crippen molar-refractivity contribution in [2.24, 2.45) is 12.2 Å². The Kier molecular flexibility index (Phi) is 6.74. The Morgan fingerprint density at radius 1 is 1.41 bits per heavy atom. The summed E-state index contributed by atoms with van der Waals surface area (Å²) in [5.41, 5.74) is 0.624. The maximum absolute atomic E-state index is 12.9. The zero-order valence-electron chi connectivity index (χ0n) is 17.9. The van der Waals surface area contributed by atoms with Gasteiger partial charge in [-0.3, -0.25) is 14.5 Å². The Bertz CT molecular complexity index is 1210. The average molecular weight is 506 g/mol. The minimum absolute atomic E-state index is 0.0680. The molecule has 34 heavy (non-hydrogen) atoms. The lowest BCUT2D eigenvalue weighted by atomic mass is 10.0. The number of hydrogen-bond acceptors (Lipinski definition) is 11. The molecule has 2 aliphatic rings. The van der Waals surface area contributed by atoms with E-state index in [9.17, 15) is 24.6 Å². The number of tetrazole rings is 1. The van der Waals surface area contributed by atoms with Gasteiger partial charge in [-0.15, -0.1) is 16.9 Å². The number of rotatable bonds is 8. The molecule has 2 aromatic rings. The predicted octanol–water partition coefficient (Wildman–Crippen LogP) is -0.203. The monoisotopic (exact) mass is 505 g/mol. The molecule has 1 fully saturated rings. The van der Waals surface area contributed by atoms with Crippen LogP contribution >= 0.6 is 23.5 Å². The number of oxime groups is 1. The third-order valence-corrected chi connectivity index (χ3v) is 7.45. The molecule has 0 spiro atoms. The number of carboxylic acids is 1. The molecule has 15 heteroatoms. The first-order valence-electron chi connectivity index (χ1n) is 9.78. The number of phenols is 1. The number of thioether (sulfide) groups is 2. The van der Waals surface area contributed by atoms with Gasteiger partial charge < -0.3 is 20.4 Å². The Morgan fingerprint density at radius 2 is 2.21 bits per heavy atom. The van der Waals surface area contributed by atoms with Crippen LogP contribution in [0.15, 0.2) is 45.8 Å². The van der Waals surface area contributed by atoms with Crippen LogP contribution in [0.25, 0.3) is 0 Å². The summed E-state index contributed by atoms with van der Waals surface area (Å²) in [6.45, 7) is 0. The number of aliphatic carboxylic acids is 1. The number of aromatic hydroxyl groups is 1. The molecule has 2 atom stereocenters. The van der Waals surface area contributed by atoms with Gasteiger partial charge in [-0.1, -0.05) is 29.1 Å². The highest BCUT2D eigenvalue weighted by Gasteiger charge is 2.54. The number of carbonyl (C=O) groups is 3. The largest absolute Gasteiger partial charge is 0.508 e. The number of carbonyl (C=O) groups excluding carboxylic acids is 2. The molecule has 2 amide bonds. The molecular formula is C19H19N7O6S2. The fourth-order valence-corrected chi connectivity index (χ4v) is 5.80. The quantitative estimate of drug-likeness (QED) is 0.188. The first-order chi connectivity index (χ1) is 16.3. The van der Waals surface area contributed by atoms with Crippen molar-refractivity contribution >= 4 is 47.0 Å². The van der Waals surface area contributed by atoms with Crippen LogP contribution in [-0.2, 0) is 26.3 Å². The van der Waals surface area contributed by atoms with Gasteiger partial charge >= 0.3 is 5.97 Å². The maximum atomic E-state index is 12.9. The number of carboxylic acid groups (broad SMARTS) is 1. The number of nitrogens with one attached hydrogen (secondary N) is 1. The van der Waals surface area contributed by atoms with Crippen molar-refractivity contribution in [3.63, 3.8) is 0 Å². The molecule has 3 heterocycles. The highest BCUT2D eigenvalue weighted by atomic mass is 32.2. The normalized spacial score (nSPS) is 20.0. The fourth-order valence-electron chi connectivity index (χ4n) is 3.47. The van der Waals surface area contributed by atoms with Gasteiger partial charge in [0.25, 0.3) is 11.8 Å². The SMILES string of the molecule is CO/N=C(/C(=O)NC1C(=O)N2C(C(=O)O)=C(CSc3nnnn3C)CS[C@H]12)c1cccc(O)c1. The number of nitrogens with zero attached hydrogens (tertiary/aromatic N) is 6. The predicted molar refractivity (Wildman–Crippen MR) is 121 cm³/mol. The van der Waals surface area contributed by atoms with E-state index in [2.05, 4.69) is 26.0 Å². The van der Waals surface area contributed by atoms with E-state index in [1.807, 2.05) is 0 Å². The lowest BCUT2D eigenvalue weighted by Crippen LogP contribution is -2.71. The van der Waals surface area contributed by atoms with Crippen LogP contribution in [0.4, 0.5) is 0 Å². The fraction of sp³-hybridized carbons (Fsp3) is 0.316. The van der Waals surface area contributed by atoms with Gasteiger partial charge in [-0.05, 0) is 28.1 Å². The van der Waals surface area contributed by atoms with Gasteiger partial charge in [0.2, 0.25) is 5.16 Å². The number of aromatic nitrogens is 4. The maximum Gasteiger partial charge on any atom is 0.352 e. The van der Waals surface area contributed by atoms with Crippen molar-refractivity contribution in [2.75, 3.05) is 18.6 Å². The molecule has 2 aliphatic heterocycles. The van der Waals surface area contributed by atoms with Crippen LogP contribution in [0, 0.1) is 0 Å². The molecule has 4 rings (SSSR count). The summed E-state index contributed by atoms with van der Waals surface area (Å²) in [7, 11) is 2.94. The van der Waals surface area contributed by atoms with Crippen molar-refractivity contribution in [3.05, 3.63) is 41.1 Å². The molecule has 178 valence electrons. The van der Waals surface area contributed by atoms with Crippen LogP contribution in [0.1, 0.15) is 5.56 Å². The zero-order valence-corrected chi connectivity index (χ0v) is 19.5. The van der Waals surface area contributed by atoms with Gasteiger partial charge in [0.05, 0.1) is 0 Å². The van der Waals surface area contributed by atoms with Crippen LogP contribution in [-0.4, -0.2) is 88.8 Å². The van der Waals surface area contributed by atoms with Crippen LogP contribution < -0.4 is 5.32 Å². The lowest BCUT2D eigenvalue weighted by Gasteiger charge is -2.49. The Balaban J connectivity index is 1.50. The van der Waals surface area contributed by atoms with Crippen molar-refractivity contribution < 1.29 is 29.4 Å². The second-order valence-corrected chi connectivity index (χ2v) is 9.21. The Hall–Kier alpha value is -3.59. The Labute approximate surface area is 201 Å². The standard InChI is InChI=1S/C19H19N7O6S2/c1-25-19(21-23-24-25)34-8-10-7-33-17-13(16(29)26(17)14(10)18(30)31)20-15(28)12(22-32-2)9-4-3-5-11(27)6-9/h3-6,13,17,27H,7-8H2,1-2H3,(H,20,28)(H,30,31)/b22-12+/t13?,17-/m1/s1. The van der Waals surface area contributed by atoms with Crippen molar-refractivity contribution in [2.45, 2.75) is 16.6 Å². The van der Waals surface area contributed by atoms with Crippen LogP contribution in [0.3, 0.4) is 0 Å². The minimum atomic E-state index is -1.23. The third-order valence-electron chi connectivity index (χ3n) is 5.01. The number of phenolic OH excluding ortho intramolecular Hbond substituents is 1. The number of β-lactam (4-membered cyclic amide) rings is 1. The second-order valence-electron chi connectivity index (χ2n) is 7.16. The van der Waals surface area contributed by atoms with E-state index in [0.717, 1.165) is 0 Å². The van der Waals surface area contributed by atoms with Gasteiger partial charge in [-0.2, -0.15) is 0 Å². The summed E-state index contributed by atoms with van der Waals surface area (Å²) in [4.78, 5) is 43.7. The lowest BCUT2D eigenvalue weighted by molar-refractivity contribution is -0.150. The molecule has 0 bridgehead atoms. The van der Waals surface area contributed by atoms with Gasteiger partial charge in [0.1, 0.15) is 30.0 Å². The molecule has 1 aromatic carbocycles. The van der Waals surface area contributed by atoms with E-state index in [4.69, 9.17) is 4.84 Å². The Morgan fingerprint density at radius 3 is 2.85 bits per heavy atom. The molecule has 0 radical (unpaired) electrons. The smallest absolute Gasteiger partial charge is 0.352 e. The highest BCUT2D eigenvalue weighted by Crippen LogP contribution is 2.41. The first kappa shape index (κ1) is 23.6. The molecule has 3 N–H and O–H groups in total. The summed E-state index contributed by atoms with van der Waals surface area (Å²) in [5.74, 6) is -1.88. The minimum Gasteiger partial charge on any atom is -0.508 e. The summed E-state index contributed by atoms with van der Waals surface area (Å²) in [5, 5.41) is 36.9. The van der Waals surface area contributed by atoms with E-state index in [1.54, 1.807) is 13.1 Å². The van der Waals surface area contributed by atoms with Gasteiger partial charge in [-0.25, -0.2) is 9.48 Å². The summed E-state index contributed by atoms with van der Waals surface area (Å²) >= 11 is 2.61. The van der Waals surface area contributed by atoms with Crippen molar-refractivity contribution in [1.82, 2.24) is 30.4 Å². The molecule has 1 aromatic heterocycles. The van der Waals surface area contributed by atoms with Gasteiger partial charge in [0, 0.05) is 24.1 Å². The molecule has 13 nitrogen and oxygen atoms in total. The number of aryl methyl sites for hydroxylation is 1. The topological polar surface area (TPSA) is 172 Å². The molecule has 0 saturated carbocycles. The number of fused-ring (bicyclic) bond motifs is 1. The van der Waals surface area contributed by atoms with E-state index in [0.29, 0.717) is 27.8 Å². The first-order valence-corrected chi connectivity index (χ1v) is 11.8. The van der Waals surface area contributed by atoms with E-state index in [1.165, 1.54) is 58.4 Å². The van der Waals surface area contributed by atoms with Gasteiger partial charge in [0.15, 0.2) is 5.71 Å². The summed E-state index contributed by atoms with van der Waals surface area (Å²) in [6.07, 6.45) is 0. The molecule has 1 saturated heterocycles.